The van der Waals surface area contributed by atoms with Crippen LogP contribution in [0.3, 0.4) is 0 Å². The zero-order chi connectivity index (χ0) is 18.2. The normalized spacial score (nSPS) is 21.5. The van der Waals surface area contributed by atoms with Crippen LogP contribution in [0.15, 0.2) is 18.5 Å². The number of aromatic amines is 1. The Morgan fingerprint density at radius 1 is 1.44 bits per heavy atom. The van der Waals surface area contributed by atoms with Crippen LogP contribution in [-0.4, -0.2) is 39.9 Å². The van der Waals surface area contributed by atoms with Crippen molar-refractivity contribution in [2.75, 3.05) is 7.11 Å². The summed E-state index contributed by atoms with van der Waals surface area (Å²) in [7, 11) is 1.57. The van der Waals surface area contributed by atoms with Gasteiger partial charge in [0.15, 0.2) is 0 Å². The number of aromatic nitrogens is 2. The SMILES string of the molecule is COc1cnc2[nH]ccc2c1C(O)C1CC(NC(=O)OC(C)(C)C)C1. The Morgan fingerprint density at radius 3 is 2.80 bits per heavy atom. The summed E-state index contributed by atoms with van der Waals surface area (Å²) in [6.07, 6.45) is 3.70. The number of carbonyl (C=O) groups is 1. The Morgan fingerprint density at radius 2 is 2.16 bits per heavy atom. The second kappa shape index (κ2) is 6.55. The molecule has 1 saturated carbocycles. The summed E-state index contributed by atoms with van der Waals surface area (Å²) in [5, 5.41) is 14.5. The van der Waals surface area contributed by atoms with Crippen molar-refractivity contribution in [2.45, 2.75) is 51.4 Å². The van der Waals surface area contributed by atoms with Gasteiger partial charge in [-0.1, -0.05) is 0 Å². The highest BCUT2D eigenvalue weighted by atomic mass is 16.6. The molecule has 0 aliphatic heterocycles. The number of nitrogens with one attached hydrogen (secondary N) is 2. The van der Waals surface area contributed by atoms with Gasteiger partial charge in [0.1, 0.15) is 17.0 Å². The molecule has 3 rings (SSSR count). The van der Waals surface area contributed by atoms with Crippen LogP contribution in [0.2, 0.25) is 0 Å². The van der Waals surface area contributed by atoms with Crippen LogP contribution < -0.4 is 10.1 Å². The molecule has 7 nitrogen and oxygen atoms in total. The minimum absolute atomic E-state index is 0.0176. The molecule has 1 fully saturated rings. The minimum Gasteiger partial charge on any atom is -0.495 e. The minimum atomic E-state index is -0.673. The van der Waals surface area contributed by atoms with Crippen molar-refractivity contribution in [1.82, 2.24) is 15.3 Å². The van der Waals surface area contributed by atoms with E-state index in [1.807, 2.05) is 26.8 Å². The fourth-order valence-electron chi connectivity index (χ4n) is 3.23. The van der Waals surface area contributed by atoms with Gasteiger partial charge in [-0.05, 0) is 45.6 Å². The number of aliphatic hydroxyl groups is 1. The molecular formula is C18H25N3O4. The number of H-pyrrole nitrogens is 1. The van der Waals surface area contributed by atoms with Crippen molar-refractivity contribution in [2.24, 2.45) is 5.92 Å². The Kier molecular flexibility index (Phi) is 4.60. The van der Waals surface area contributed by atoms with Crippen molar-refractivity contribution in [1.29, 1.82) is 0 Å². The molecule has 0 radical (unpaired) electrons. The summed E-state index contributed by atoms with van der Waals surface area (Å²) in [5.74, 6) is 0.623. The number of hydrogen-bond donors (Lipinski definition) is 3. The van der Waals surface area contributed by atoms with Gasteiger partial charge in [0.2, 0.25) is 0 Å². The molecule has 0 spiro atoms. The van der Waals surface area contributed by atoms with E-state index in [0.717, 1.165) is 16.6 Å². The number of rotatable bonds is 4. The van der Waals surface area contributed by atoms with Gasteiger partial charge in [-0.2, -0.15) is 0 Å². The van der Waals surface area contributed by atoms with Gasteiger partial charge < -0.3 is 24.9 Å². The van der Waals surface area contributed by atoms with Crippen molar-refractivity contribution >= 4 is 17.1 Å². The number of methoxy groups -OCH3 is 1. The van der Waals surface area contributed by atoms with E-state index in [-0.39, 0.29) is 12.0 Å². The van der Waals surface area contributed by atoms with E-state index in [9.17, 15) is 9.90 Å². The molecule has 1 aliphatic carbocycles. The number of pyridine rings is 1. The Hall–Kier alpha value is -2.28. The summed E-state index contributed by atoms with van der Waals surface area (Å²) in [6.45, 7) is 5.49. The average Bonchev–Trinajstić information content (AvgIpc) is 2.95. The summed E-state index contributed by atoms with van der Waals surface area (Å²) in [4.78, 5) is 19.1. The highest BCUT2D eigenvalue weighted by molar-refractivity contribution is 5.82. The van der Waals surface area contributed by atoms with Gasteiger partial charge in [-0.25, -0.2) is 9.78 Å². The maximum Gasteiger partial charge on any atom is 0.407 e. The lowest BCUT2D eigenvalue weighted by atomic mass is 9.74. The summed E-state index contributed by atoms with van der Waals surface area (Å²) < 4.78 is 10.6. The highest BCUT2D eigenvalue weighted by Crippen LogP contribution is 2.43. The molecule has 0 aromatic carbocycles. The van der Waals surface area contributed by atoms with Crippen LogP contribution >= 0.6 is 0 Å². The van der Waals surface area contributed by atoms with Crippen LogP contribution in [0.4, 0.5) is 4.79 Å². The Bertz CT molecular complexity index is 759. The monoisotopic (exact) mass is 347 g/mol. The number of amides is 1. The summed E-state index contributed by atoms with van der Waals surface area (Å²) >= 11 is 0. The first-order chi connectivity index (χ1) is 11.8. The van der Waals surface area contributed by atoms with Crippen LogP contribution in [0.25, 0.3) is 11.0 Å². The van der Waals surface area contributed by atoms with Gasteiger partial charge in [-0.3, -0.25) is 0 Å². The van der Waals surface area contributed by atoms with E-state index in [2.05, 4.69) is 15.3 Å². The fourth-order valence-corrected chi connectivity index (χ4v) is 3.23. The van der Waals surface area contributed by atoms with Gasteiger partial charge in [-0.15, -0.1) is 0 Å². The predicted molar refractivity (Wildman–Crippen MR) is 93.5 cm³/mol. The number of ether oxygens (including phenoxy) is 2. The molecule has 0 saturated heterocycles. The van der Waals surface area contributed by atoms with Crippen LogP contribution in [0.5, 0.6) is 5.75 Å². The lowest BCUT2D eigenvalue weighted by Crippen LogP contribution is -2.47. The van der Waals surface area contributed by atoms with E-state index in [1.54, 1.807) is 19.5 Å². The van der Waals surface area contributed by atoms with Gasteiger partial charge in [0.25, 0.3) is 0 Å². The molecule has 2 aromatic rings. The largest absolute Gasteiger partial charge is 0.495 e. The molecule has 0 bridgehead atoms. The van der Waals surface area contributed by atoms with Crippen LogP contribution in [0, 0.1) is 5.92 Å². The summed E-state index contributed by atoms with van der Waals surface area (Å²) in [6, 6.07) is 1.91. The first kappa shape index (κ1) is 17.5. The first-order valence-electron chi connectivity index (χ1n) is 8.46. The molecule has 2 aromatic heterocycles. The molecule has 3 N–H and O–H groups in total. The maximum absolute atomic E-state index is 11.8. The molecule has 1 aliphatic rings. The third-order valence-electron chi connectivity index (χ3n) is 4.45. The molecule has 136 valence electrons. The van der Waals surface area contributed by atoms with Crippen molar-refractivity contribution in [3.8, 4) is 5.75 Å². The van der Waals surface area contributed by atoms with Crippen molar-refractivity contribution in [3.05, 3.63) is 24.0 Å². The number of hydrogen-bond acceptors (Lipinski definition) is 5. The highest BCUT2D eigenvalue weighted by Gasteiger charge is 2.38. The number of alkyl carbamates (subject to hydrolysis) is 1. The maximum atomic E-state index is 11.8. The van der Waals surface area contributed by atoms with Gasteiger partial charge in [0, 0.05) is 23.2 Å². The summed E-state index contributed by atoms with van der Waals surface area (Å²) in [5.41, 5.74) is 0.948. The molecule has 1 atom stereocenters. The van der Waals surface area contributed by atoms with E-state index in [4.69, 9.17) is 9.47 Å². The van der Waals surface area contributed by atoms with Gasteiger partial charge in [0.05, 0.1) is 19.4 Å². The number of aliphatic hydroxyl groups excluding tert-OH is 1. The fraction of sp³-hybridized carbons (Fsp3) is 0.556. The molecular weight excluding hydrogens is 322 g/mol. The second-order valence-electron chi connectivity index (χ2n) is 7.50. The molecule has 2 heterocycles. The molecule has 7 heteroatoms. The Balaban J connectivity index is 1.66. The standard InChI is InChI=1S/C18H25N3O4/c1-18(2,3)25-17(23)21-11-7-10(8-11)15(22)14-12-5-6-19-16(12)20-9-13(14)24-4/h5-6,9-11,15,22H,7-8H2,1-4H3,(H,19,20)(H,21,23). The van der Waals surface area contributed by atoms with E-state index < -0.39 is 17.8 Å². The molecule has 1 amide bonds. The first-order valence-corrected chi connectivity index (χ1v) is 8.46. The van der Waals surface area contributed by atoms with Crippen molar-refractivity contribution in [3.63, 3.8) is 0 Å². The number of nitrogens with zero attached hydrogens (tertiary/aromatic N) is 1. The molecule has 25 heavy (non-hydrogen) atoms. The molecule has 1 unspecified atom stereocenters. The number of fused-ring (bicyclic) bond motifs is 1. The lowest BCUT2D eigenvalue weighted by molar-refractivity contribution is 0.0227. The quantitative estimate of drug-likeness (QED) is 0.790. The van der Waals surface area contributed by atoms with E-state index in [1.165, 1.54) is 0 Å². The van der Waals surface area contributed by atoms with Crippen LogP contribution in [-0.2, 0) is 4.74 Å². The predicted octanol–water partition coefficient (Wildman–Crippen LogP) is 2.91. The van der Waals surface area contributed by atoms with Crippen LogP contribution in [0.1, 0.15) is 45.3 Å². The zero-order valence-corrected chi connectivity index (χ0v) is 15.0. The van der Waals surface area contributed by atoms with Crippen molar-refractivity contribution < 1.29 is 19.4 Å². The smallest absolute Gasteiger partial charge is 0.407 e. The third kappa shape index (κ3) is 3.71. The average molecular weight is 347 g/mol. The topological polar surface area (TPSA) is 96.5 Å². The van der Waals surface area contributed by atoms with E-state index in [0.29, 0.717) is 18.6 Å². The third-order valence-corrected chi connectivity index (χ3v) is 4.45. The van der Waals surface area contributed by atoms with Gasteiger partial charge >= 0.3 is 6.09 Å². The van der Waals surface area contributed by atoms with E-state index >= 15 is 0 Å². The Labute approximate surface area is 146 Å². The lowest BCUT2D eigenvalue weighted by Gasteiger charge is -2.39. The second-order valence-corrected chi connectivity index (χ2v) is 7.50. The zero-order valence-electron chi connectivity index (χ0n) is 15.0. The number of carbonyl (C=O) groups excluding carboxylic acids is 1.